The van der Waals surface area contributed by atoms with Crippen molar-refractivity contribution in [1.82, 2.24) is 14.1 Å². The van der Waals surface area contributed by atoms with Gasteiger partial charge in [-0.25, -0.2) is 17.5 Å². The number of carboxylic acids is 1. The predicted octanol–water partition coefficient (Wildman–Crippen LogP) is 1.09. The molecular formula is C18H30F3N3O5S. The van der Waals surface area contributed by atoms with Crippen LogP contribution in [0.1, 0.15) is 25.7 Å². The largest absolute Gasteiger partial charge is 0.490 e. The highest BCUT2D eigenvalue weighted by atomic mass is 32.2. The summed E-state index contributed by atoms with van der Waals surface area (Å²) in [6.45, 7) is 3.00. The molecule has 1 N–H and O–H groups in total. The maximum atomic E-state index is 12.9. The van der Waals surface area contributed by atoms with Gasteiger partial charge in [-0.2, -0.15) is 13.2 Å². The van der Waals surface area contributed by atoms with Crippen LogP contribution in [-0.2, 0) is 19.6 Å². The van der Waals surface area contributed by atoms with Crippen molar-refractivity contribution >= 4 is 21.9 Å². The van der Waals surface area contributed by atoms with Crippen molar-refractivity contribution in [2.45, 2.75) is 31.9 Å². The van der Waals surface area contributed by atoms with E-state index in [1.165, 1.54) is 6.26 Å². The van der Waals surface area contributed by atoms with Crippen molar-refractivity contribution in [2.24, 2.45) is 16.7 Å². The molecule has 0 radical (unpaired) electrons. The fraction of sp³-hybridized carbons (Fsp3) is 0.889. The zero-order valence-corrected chi connectivity index (χ0v) is 18.5. The van der Waals surface area contributed by atoms with E-state index in [1.807, 2.05) is 14.1 Å². The zero-order chi connectivity index (χ0) is 23.1. The quantitative estimate of drug-likeness (QED) is 0.667. The van der Waals surface area contributed by atoms with Crippen molar-refractivity contribution in [3.05, 3.63) is 0 Å². The summed E-state index contributed by atoms with van der Waals surface area (Å²) in [6.07, 6.45) is -0.00843. The van der Waals surface area contributed by atoms with Crippen molar-refractivity contribution in [3.8, 4) is 0 Å². The third-order valence-electron chi connectivity index (χ3n) is 6.78. The molecule has 0 unspecified atom stereocenters. The molecule has 174 valence electrons. The van der Waals surface area contributed by atoms with Crippen LogP contribution in [0.5, 0.6) is 0 Å². The minimum atomic E-state index is -5.08. The molecule has 0 aromatic heterocycles. The third kappa shape index (κ3) is 4.75. The van der Waals surface area contributed by atoms with E-state index in [0.29, 0.717) is 19.0 Å². The Hall–Kier alpha value is -1.40. The lowest BCUT2D eigenvalue weighted by Gasteiger charge is -2.44. The van der Waals surface area contributed by atoms with E-state index < -0.39 is 22.2 Å². The van der Waals surface area contributed by atoms with Gasteiger partial charge in [-0.05, 0) is 44.1 Å². The summed E-state index contributed by atoms with van der Waals surface area (Å²) in [4.78, 5) is 25.9. The van der Waals surface area contributed by atoms with Gasteiger partial charge in [0.15, 0.2) is 0 Å². The molecule has 2 heterocycles. The van der Waals surface area contributed by atoms with Crippen LogP contribution in [0.25, 0.3) is 0 Å². The molecule has 3 rings (SSSR count). The number of amides is 1. The maximum absolute atomic E-state index is 12.9. The molecule has 8 nitrogen and oxygen atoms in total. The van der Waals surface area contributed by atoms with Crippen LogP contribution in [-0.4, -0.2) is 99.3 Å². The van der Waals surface area contributed by atoms with Crippen LogP contribution in [0.3, 0.4) is 0 Å². The lowest BCUT2D eigenvalue weighted by molar-refractivity contribution is -0.192. The standard InChI is InChI=1S/C16H29N3O3S.C2HF3O2/c1-17(2)14(20)16-6-5-15(13(16)11-18(3)12-16)7-9-19(10-8-15)23(4,21)22;3-2(4,5)1(6)7/h13H,5-12H2,1-4H3;(H,6,7)/t13-,16+;/m0./s1. The minimum Gasteiger partial charge on any atom is -0.475 e. The molecule has 0 bridgehead atoms. The lowest BCUT2D eigenvalue weighted by Crippen LogP contribution is -2.49. The van der Waals surface area contributed by atoms with Crippen LogP contribution in [0.4, 0.5) is 13.2 Å². The molecule has 0 aromatic rings. The molecule has 1 aliphatic carbocycles. The van der Waals surface area contributed by atoms with Gasteiger partial charge in [0.25, 0.3) is 0 Å². The summed E-state index contributed by atoms with van der Waals surface area (Å²) in [5.41, 5.74) is -0.122. The van der Waals surface area contributed by atoms with Crippen LogP contribution in [0.15, 0.2) is 0 Å². The van der Waals surface area contributed by atoms with E-state index in [1.54, 1.807) is 9.21 Å². The van der Waals surface area contributed by atoms with Crippen molar-refractivity contribution < 1.29 is 36.3 Å². The average Bonchev–Trinajstić information content (AvgIpc) is 3.09. The molecule has 2 saturated heterocycles. The lowest BCUT2D eigenvalue weighted by atomic mass is 9.66. The molecule has 12 heteroatoms. The minimum absolute atomic E-state index is 0.137. The normalized spacial score (nSPS) is 29.2. The Morgan fingerprint density at radius 3 is 2.00 bits per heavy atom. The predicted molar refractivity (Wildman–Crippen MR) is 103 cm³/mol. The monoisotopic (exact) mass is 457 g/mol. The van der Waals surface area contributed by atoms with Gasteiger partial charge < -0.3 is 14.9 Å². The Labute approximate surface area is 175 Å². The van der Waals surface area contributed by atoms with Gasteiger partial charge in [0.1, 0.15) is 0 Å². The first kappa shape index (κ1) is 24.9. The highest BCUT2D eigenvalue weighted by molar-refractivity contribution is 7.88. The van der Waals surface area contributed by atoms with Crippen LogP contribution >= 0.6 is 0 Å². The Morgan fingerprint density at radius 1 is 1.10 bits per heavy atom. The SMILES string of the molecule is CN1C[C@H]2C3(CCN(S(C)(=O)=O)CC3)CC[C@@]2(C(=O)N(C)C)C1.O=C(O)C(F)(F)F. The molecule has 2 aliphatic heterocycles. The number of aliphatic carboxylic acids is 1. The van der Waals surface area contributed by atoms with Crippen LogP contribution in [0.2, 0.25) is 0 Å². The summed E-state index contributed by atoms with van der Waals surface area (Å²) in [6, 6.07) is 0. The average molecular weight is 458 g/mol. The highest BCUT2D eigenvalue weighted by Gasteiger charge is 2.64. The van der Waals surface area contributed by atoms with Gasteiger partial charge in [-0.15, -0.1) is 0 Å². The van der Waals surface area contributed by atoms with Gasteiger partial charge in [0.2, 0.25) is 15.9 Å². The van der Waals surface area contributed by atoms with Crippen molar-refractivity contribution in [1.29, 1.82) is 0 Å². The third-order valence-corrected chi connectivity index (χ3v) is 8.09. The number of hydrogen-bond acceptors (Lipinski definition) is 5. The number of alkyl halides is 3. The maximum Gasteiger partial charge on any atom is 0.490 e. The van der Waals surface area contributed by atoms with Gasteiger partial charge in [0, 0.05) is 40.3 Å². The first-order chi connectivity index (χ1) is 13.5. The molecule has 1 saturated carbocycles. The highest BCUT2D eigenvalue weighted by Crippen LogP contribution is 2.62. The fourth-order valence-electron chi connectivity index (χ4n) is 5.45. The van der Waals surface area contributed by atoms with Crippen molar-refractivity contribution in [2.75, 3.05) is 53.6 Å². The van der Waals surface area contributed by atoms with E-state index in [4.69, 9.17) is 9.90 Å². The second-order valence-corrected chi connectivity index (χ2v) is 10.9. The Kier molecular flexibility index (Phi) is 6.85. The second-order valence-electron chi connectivity index (χ2n) is 8.93. The van der Waals surface area contributed by atoms with Gasteiger partial charge in [0.05, 0.1) is 11.7 Å². The van der Waals surface area contributed by atoms with E-state index >= 15 is 0 Å². The van der Waals surface area contributed by atoms with Gasteiger partial charge >= 0.3 is 12.1 Å². The second kappa shape index (κ2) is 8.27. The Balaban J connectivity index is 0.000000396. The molecule has 0 aromatic carbocycles. The smallest absolute Gasteiger partial charge is 0.475 e. The zero-order valence-electron chi connectivity index (χ0n) is 17.7. The number of likely N-dealkylation sites (tertiary alicyclic amines) is 1. The molecule has 3 aliphatic rings. The van der Waals surface area contributed by atoms with E-state index in [2.05, 4.69) is 11.9 Å². The molecule has 3 fully saturated rings. The summed E-state index contributed by atoms with van der Waals surface area (Å²) >= 11 is 0. The number of carbonyl (C=O) groups is 2. The number of halogens is 3. The number of carboxylic acid groups (broad SMARTS) is 1. The fourth-order valence-corrected chi connectivity index (χ4v) is 6.30. The summed E-state index contributed by atoms with van der Waals surface area (Å²) < 4.78 is 56.9. The Morgan fingerprint density at radius 2 is 1.60 bits per heavy atom. The first-order valence-electron chi connectivity index (χ1n) is 9.71. The van der Waals surface area contributed by atoms with Gasteiger partial charge in [-0.3, -0.25) is 4.79 Å². The topological polar surface area (TPSA) is 98.2 Å². The molecule has 2 atom stereocenters. The van der Waals surface area contributed by atoms with Crippen molar-refractivity contribution in [3.63, 3.8) is 0 Å². The van der Waals surface area contributed by atoms with Gasteiger partial charge in [-0.1, -0.05) is 0 Å². The number of nitrogens with zero attached hydrogens (tertiary/aromatic N) is 3. The summed E-state index contributed by atoms with van der Waals surface area (Å²) in [7, 11) is 2.70. The number of carbonyl (C=O) groups excluding carboxylic acids is 1. The molecule has 1 spiro atoms. The number of hydrogen-bond donors (Lipinski definition) is 1. The molecule has 30 heavy (non-hydrogen) atoms. The van der Waals surface area contributed by atoms with E-state index in [0.717, 1.165) is 38.8 Å². The Bertz CT molecular complexity index is 778. The van der Waals surface area contributed by atoms with Crippen LogP contribution in [0, 0.1) is 16.7 Å². The number of rotatable bonds is 2. The molecular weight excluding hydrogens is 427 g/mol. The number of fused-ring (bicyclic) bond motifs is 2. The van der Waals surface area contributed by atoms with E-state index in [-0.39, 0.29) is 16.7 Å². The number of piperidine rings is 1. The van der Waals surface area contributed by atoms with Crippen LogP contribution < -0.4 is 0 Å². The summed E-state index contributed by atoms with van der Waals surface area (Å²) in [5.74, 6) is -2.14. The molecule has 1 amide bonds. The summed E-state index contributed by atoms with van der Waals surface area (Å²) in [5, 5.41) is 7.12. The first-order valence-corrected chi connectivity index (χ1v) is 11.6. The van der Waals surface area contributed by atoms with E-state index in [9.17, 15) is 26.4 Å². The number of sulfonamides is 1.